The van der Waals surface area contributed by atoms with Gasteiger partial charge in [0, 0.05) is 23.5 Å². The smallest absolute Gasteiger partial charge is 0.225 e. The van der Waals surface area contributed by atoms with Crippen LogP contribution in [0.25, 0.3) is 32.7 Å². The highest BCUT2D eigenvalue weighted by atomic mass is 16.5. The Morgan fingerprint density at radius 3 is 2.48 bits per heavy atom. The fraction of sp³-hybridized carbons (Fsp3) is 0.0870. The molecule has 2 heterocycles. The Kier molecular flexibility index (Phi) is 3.50. The van der Waals surface area contributed by atoms with Gasteiger partial charge < -0.3 is 14.5 Å². The molecule has 27 heavy (non-hydrogen) atoms. The van der Waals surface area contributed by atoms with Crippen LogP contribution in [0.1, 0.15) is 5.56 Å². The third kappa shape index (κ3) is 2.41. The van der Waals surface area contributed by atoms with E-state index in [1.807, 2.05) is 42.5 Å². The first kappa shape index (κ1) is 15.7. The van der Waals surface area contributed by atoms with Crippen molar-refractivity contribution in [1.29, 1.82) is 0 Å². The molecule has 0 saturated heterocycles. The second-order valence-corrected chi connectivity index (χ2v) is 6.69. The summed E-state index contributed by atoms with van der Waals surface area (Å²) in [6.45, 7) is 0.736. The lowest BCUT2D eigenvalue weighted by Crippen LogP contribution is -2.26. The molecule has 0 spiro atoms. The van der Waals surface area contributed by atoms with E-state index in [9.17, 15) is 5.21 Å². The van der Waals surface area contributed by atoms with E-state index in [1.54, 1.807) is 13.3 Å². The number of para-hydroxylation sites is 1. The molecule has 0 aliphatic heterocycles. The molecule has 0 radical (unpaired) electrons. The second-order valence-electron chi connectivity index (χ2n) is 6.69. The summed E-state index contributed by atoms with van der Waals surface area (Å²) in [5.74, 6) is 0.784. The molecule has 0 aliphatic rings. The van der Waals surface area contributed by atoms with Crippen LogP contribution in [0.15, 0.2) is 79.0 Å². The zero-order chi connectivity index (χ0) is 18.4. The van der Waals surface area contributed by atoms with Gasteiger partial charge in [-0.1, -0.05) is 42.5 Å². The Morgan fingerprint density at radius 1 is 0.889 bits per heavy atom. The summed E-state index contributed by atoms with van der Waals surface area (Å²) in [4.78, 5) is 0. The molecule has 4 heteroatoms. The molecule has 5 aromatic rings. The SMILES string of the molecule is COc1ccc2c(c1)c1c[n+]([O-])c3ccccc3c1n2Cc1ccccc1. The van der Waals surface area contributed by atoms with Gasteiger partial charge in [-0.25, -0.2) is 0 Å². The Morgan fingerprint density at radius 2 is 1.67 bits per heavy atom. The zero-order valence-electron chi connectivity index (χ0n) is 14.9. The maximum Gasteiger partial charge on any atom is 0.225 e. The summed E-state index contributed by atoms with van der Waals surface area (Å²) in [6.07, 6.45) is 1.68. The van der Waals surface area contributed by atoms with E-state index in [1.165, 1.54) is 5.56 Å². The van der Waals surface area contributed by atoms with Crippen LogP contribution in [0.4, 0.5) is 0 Å². The fourth-order valence-electron chi connectivity index (χ4n) is 3.89. The Bertz CT molecular complexity index is 1290. The average Bonchev–Trinajstić information content (AvgIpc) is 3.02. The molecule has 3 aromatic carbocycles. The van der Waals surface area contributed by atoms with Crippen LogP contribution in [0, 0.1) is 5.21 Å². The molecular formula is C23H18N2O2. The highest BCUT2D eigenvalue weighted by molar-refractivity contribution is 6.15. The minimum atomic E-state index is 0.675. The van der Waals surface area contributed by atoms with Crippen molar-refractivity contribution in [1.82, 2.24) is 4.57 Å². The maximum atomic E-state index is 12.6. The van der Waals surface area contributed by atoms with Gasteiger partial charge >= 0.3 is 0 Å². The van der Waals surface area contributed by atoms with Crippen molar-refractivity contribution in [3.8, 4) is 5.75 Å². The Hall–Kier alpha value is -3.53. The summed E-state index contributed by atoms with van der Waals surface area (Å²) in [5, 5.41) is 15.6. The highest BCUT2D eigenvalue weighted by Gasteiger charge is 2.19. The van der Waals surface area contributed by atoms with Gasteiger partial charge in [0.2, 0.25) is 5.52 Å². The summed E-state index contributed by atoms with van der Waals surface area (Å²) in [7, 11) is 1.66. The minimum absolute atomic E-state index is 0.675. The van der Waals surface area contributed by atoms with Crippen LogP contribution in [0.2, 0.25) is 0 Å². The minimum Gasteiger partial charge on any atom is -0.618 e. The van der Waals surface area contributed by atoms with E-state index in [-0.39, 0.29) is 0 Å². The number of pyridine rings is 1. The van der Waals surface area contributed by atoms with E-state index in [0.29, 0.717) is 5.52 Å². The van der Waals surface area contributed by atoms with Crippen molar-refractivity contribution in [2.45, 2.75) is 6.54 Å². The molecule has 5 rings (SSSR count). The molecule has 4 nitrogen and oxygen atoms in total. The van der Waals surface area contributed by atoms with E-state index < -0.39 is 0 Å². The van der Waals surface area contributed by atoms with Crippen molar-refractivity contribution in [3.05, 3.63) is 89.8 Å². The first-order valence-corrected chi connectivity index (χ1v) is 8.91. The molecule has 132 valence electrons. The predicted octanol–water partition coefficient (Wildman–Crippen LogP) is 4.64. The number of methoxy groups -OCH3 is 1. The van der Waals surface area contributed by atoms with E-state index in [2.05, 4.69) is 34.9 Å². The molecule has 0 unspecified atom stereocenters. The number of hydrogen-bond acceptors (Lipinski definition) is 2. The standard InChI is InChI=1S/C23H18N2O2/c1-27-17-11-12-21-19(13-17)20-15-25(26)22-10-6-5-9-18(22)23(20)24(21)14-16-7-3-2-4-8-16/h2-13,15H,14H2,1H3. The largest absolute Gasteiger partial charge is 0.618 e. The number of nitrogens with zero attached hydrogens (tertiary/aromatic N) is 2. The first-order chi connectivity index (χ1) is 13.3. The fourth-order valence-corrected chi connectivity index (χ4v) is 3.89. The van der Waals surface area contributed by atoms with Gasteiger partial charge in [-0.2, -0.15) is 4.73 Å². The third-order valence-corrected chi connectivity index (χ3v) is 5.14. The lowest BCUT2D eigenvalue weighted by molar-refractivity contribution is -0.575. The van der Waals surface area contributed by atoms with Gasteiger partial charge in [0.15, 0.2) is 6.20 Å². The topological polar surface area (TPSA) is 41.1 Å². The number of ether oxygens (including phenoxy) is 1. The molecule has 0 saturated carbocycles. The van der Waals surface area contributed by atoms with Crippen LogP contribution in [0.5, 0.6) is 5.75 Å². The van der Waals surface area contributed by atoms with Gasteiger partial charge in [0.05, 0.1) is 23.4 Å². The van der Waals surface area contributed by atoms with Crippen LogP contribution in [0.3, 0.4) is 0 Å². The van der Waals surface area contributed by atoms with Crippen molar-refractivity contribution in [3.63, 3.8) is 0 Å². The monoisotopic (exact) mass is 354 g/mol. The van der Waals surface area contributed by atoms with Crippen molar-refractivity contribution in [2.75, 3.05) is 7.11 Å². The van der Waals surface area contributed by atoms with Crippen LogP contribution < -0.4 is 9.47 Å². The van der Waals surface area contributed by atoms with E-state index in [0.717, 1.165) is 44.2 Å². The molecule has 2 aromatic heterocycles. The molecule has 0 bridgehead atoms. The van der Waals surface area contributed by atoms with Gasteiger partial charge in [-0.3, -0.25) is 0 Å². The molecular weight excluding hydrogens is 336 g/mol. The van der Waals surface area contributed by atoms with Gasteiger partial charge in [-0.05, 0) is 29.8 Å². The molecule has 0 aliphatic carbocycles. The van der Waals surface area contributed by atoms with E-state index in [4.69, 9.17) is 4.74 Å². The average molecular weight is 354 g/mol. The van der Waals surface area contributed by atoms with Crippen LogP contribution in [-0.4, -0.2) is 11.7 Å². The summed E-state index contributed by atoms with van der Waals surface area (Å²) in [6, 6.07) is 24.2. The third-order valence-electron chi connectivity index (χ3n) is 5.14. The number of aromatic nitrogens is 2. The lowest BCUT2D eigenvalue weighted by atomic mass is 10.1. The molecule has 0 fully saturated rings. The zero-order valence-corrected chi connectivity index (χ0v) is 14.9. The first-order valence-electron chi connectivity index (χ1n) is 8.91. The summed E-state index contributed by atoms with van der Waals surface area (Å²) >= 11 is 0. The van der Waals surface area contributed by atoms with Crippen molar-refractivity contribution in [2.24, 2.45) is 0 Å². The number of rotatable bonds is 3. The molecule has 0 N–H and O–H groups in total. The van der Waals surface area contributed by atoms with Crippen LogP contribution in [-0.2, 0) is 6.54 Å². The number of fused-ring (bicyclic) bond motifs is 5. The summed E-state index contributed by atoms with van der Waals surface area (Å²) < 4.78 is 8.68. The Balaban J connectivity index is 1.93. The maximum absolute atomic E-state index is 12.6. The Labute approximate surface area is 156 Å². The highest BCUT2D eigenvalue weighted by Crippen LogP contribution is 2.35. The predicted molar refractivity (Wildman–Crippen MR) is 108 cm³/mol. The van der Waals surface area contributed by atoms with Gasteiger partial charge in [-0.15, -0.1) is 0 Å². The lowest BCUT2D eigenvalue weighted by Gasteiger charge is -2.10. The van der Waals surface area contributed by atoms with Gasteiger partial charge in [0.25, 0.3) is 0 Å². The van der Waals surface area contributed by atoms with Crippen molar-refractivity contribution >= 4 is 32.7 Å². The second kappa shape index (κ2) is 6.02. The van der Waals surface area contributed by atoms with Crippen molar-refractivity contribution < 1.29 is 9.47 Å². The molecule has 0 atom stereocenters. The number of hydrogen-bond donors (Lipinski definition) is 0. The van der Waals surface area contributed by atoms with E-state index >= 15 is 0 Å². The van der Waals surface area contributed by atoms with Crippen LogP contribution >= 0.6 is 0 Å². The van der Waals surface area contributed by atoms with Gasteiger partial charge in [0.1, 0.15) is 5.75 Å². The quantitative estimate of drug-likeness (QED) is 0.350. The number of benzene rings is 3. The molecule has 0 amide bonds. The normalized spacial score (nSPS) is 11.4. The summed E-state index contributed by atoms with van der Waals surface area (Å²) in [5.41, 5.74) is 4.06.